The fraction of sp³-hybridized carbons (Fsp3) is 0.312. The first-order valence-electron chi connectivity index (χ1n) is 6.77. The van der Waals surface area contributed by atoms with E-state index in [1.165, 1.54) is 0 Å². The molecule has 110 valence electrons. The lowest BCUT2D eigenvalue weighted by Crippen LogP contribution is -2.20. The normalized spacial score (nSPS) is 17.9. The Morgan fingerprint density at radius 1 is 1.14 bits per heavy atom. The van der Waals surface area contributed by atoms with Gasteiger partial charge in [0.25, 0.3) is 0 Å². The average molecular weight is 288 g/mol. The topological polar surface area (TPSA) is 69.7 Å². The summed E-state index contributed by atoms with van der Waals surface area (Å²) in [5.41, 5.74) is 0.860. The first kappa shape index (κ1) is 15.0. The van der Waals surface area contributed by atoms with Gasteiger partial charge < -0.3 is 9.47 Å². The first-order valence-corrected chi connectivity index (χ1v) is 6.77. The molecule has 1 aliphatic rings. The Balaban J connectivity index is 1.74. The van der Waals surface area contributed by atoms with Gasteiger partial charge in [0.05, 0.1) is 0 Å². The van der Waals surface area contributed by atoms with Crippen molar-refractivity contribution in [3.63, 3.8) is 0 Å². The average Bonchev–Trinajstić information content (AvgIpc) is 2.89. The molecule has 5 nitrogen and oxygen atoms in total. The van der Waals surface area contributed by atoms with Crippen molar-refractivity contribution < 1.29 is 23.9 Å². The molecule has 0 radical (unpaired) electrons. The van der Waals surface area contributed by atoms with Crippen LogP contribution in [0.3, 0.4) is 0 Å². The van der Waals surface area contributed by atoms with E-state index in [-0.39, 0.29) is 12.4 Å². The Kier molecular flexibility index (Phi) is 5.26. The zero-order valence-corrected chi connectivity index (χ0v) is 11.5. The second kappa shape index (κ2) is 7.38. The maximum Gasteiger partial charge on any atom is 0.331 e. The van der Waals surface area contributed by atoms with Crippen LogP contribution in [0.2, 0.25) is 0 Å². The Morgan fingerprint density at radius 3 is 2.52 bits per heavy atom. The Morgan fingerprint density at radius 2 is 1.86 bits per heavy atom. The van der Waals surface area contributed by atoms with Crippen LogP contribution in [0.4, 0.5) is 0 Å². The fourth-order valence-corrected chi connectivity index (χ4v) is 2.00. The molecular formula is C16H16O5. The highest BCUT2D eigenvalue weighted by Crippen LogP contribution is 2.17. The molecule has 1 saturated carbocycles. The zero-order valence-electron chi connectivity index (χ0n) is 11.5. The van der Waals surface area contributed by atoms with Gasteiger partial charge in [-0.25, -0.2) is 9.59 Å². The molecule has 21 heavy (non-hydrogen) atoms. The third kappa shape index (κ3) is 4.87. The second-order valence-corrected chi connectivity index (χ2v) is 4.71. The SMILES string of the molecule is O=C(/C=C/C(=O)OC1CCCC1=O)OCc1ccccc1. The van der Waals surface area contributed by atoms with Gasteiger partial charge in [0, 0.05) is 18.6 Å². The lowest BCUT2D eigenvalue weighted by Gasteiger charge is -2.07. The van der Waals surface area contributed by atoms with E-state index in [0.29, 0.717) is 12.8 Å². The van der Waals surface area contributed by atoms with Crippen molar-refractivity contribution in [1.29, 1.82) is 0 Å². The molecular weight excluding hydrogens is 272 g/mol. The van der Waals surface area contributed by atoms with Crippen LogP contribution in [0.15, 0.2) is 42.5 Å². The number of esters is 2. The van der Waals surface area contributed by atoms with Gasteiger partial charge in [-0.05, 0) is 18.4 Å². The molecule has 0 bridgehead atoms. The van der Waals surface area contributed by atoms with Crippen molar-refractivity contribution in [2.24, 2.45) is 0 Å². The molecule has 0 aliphatic heterocycles. The number of carbonyl (C=O) groups excluding carboxylic acids is 3. The van der Waals surface area contributed by atoms with Crippen LogP contribution in [-0.4, -0.2) is 23.8 Å². The summed E-state index contributed by atoms with van der Waals surface area (Å²) in [5.74, 6) is -1.40. The fourth-order valence-electron chi connectivity index (χ4n) is 2.00. The molecule has 0 amide bonds. The quantitative estimate of drug-likeness (QED) is 0.612. The summed E-state index contributed by atoms with van der Waals surface area (Å²) < 4.78 is 9.92. The molecule has 1 unspecified atom stereocenters. The summed E-state index contributed by atoms with van der Waals surface area (Å²) in [4.78, 5) is 34.2. The maximum absolute atomic E-state index is 11.5. The van der Waals surface area contributed by atoms with E-state index < -0.39 is 18.0 Å². The molecule has 0 N–H and O–H groups in total. The van der Waals surface area contributed by atoms with Gasteiger partial charge in [0.1, 0.15) is 6.61 Å². The van der Waals surface area contributed by atoms with Gasteiger partial charge >= 0.3 is 11.9 Å². The van der Waals surface area contributed by atoms with E-state index in [1.807, 2.05) is 30.3 Å². The molecule has 1 atom stereocenters. The Hall–Kier alpha value is -2.43. The molecule has 0 aromatic heterocycles. The molecule has 0 spiro atoms. The monoisotopic (exact) mass is 288 g/mol. The predicted octanol–water partition coefficient (Wildman–Crippen LogP) is 1.95. The van der Waals surface area contributed by atoms with Crippen LogP contribution in [0.1, 0.15) is 24.8 Å². The van der Waals surface area contributed by atoms with Crippen molar-refractivity contribution in [2.75, 3.05) is 0 Å². The molecule has 5 heteroatoms. The third-order valence-corrected chi connectivity index (χ3v) is 3.09. The molecule has 1 fully saturated rings. The van der Waals surface area contributed by atoms with E-state index in [2.05, 4.69) is 0 Å². The van der Waals surface area contributed by atoms with Crippen molar-refractivity contribution in [3.05, 3.63) is 48.0 Å². The Labute approximate surface area is 122 Å². The van der Waals surface area contributed by atoms with E-state index in [9.17, 15) is 14.4 Å². The number of ketones is 1. The van der Waals surface area contributed by atoms with Crippen LogP contribution in [0, 0.1) is 0 Å². The first-order chi connectivity index (χ1) is 10.1. The van der Waals surface area contributed by atoms with Gasteiger partial charge in [-0.3, -0.25) is 4.79 Å². The number of rotatable bonds is 5. The summed E-state index contributed by atoms with van der Waals surface area (Å²) in [7, 11) is 0. The number of hydrogen-bond donors (Lipinski definition) is 0. The van der Waals surface area contributed by atoms with Crippen LogP contribution in [-0.2, 0) is 30.5 Å². The number of ether oxygens (including phenoxy) is 2. The number of carbonyl (C=O) groups is 3. The van der Waals surface area contributed by atoms with E-state index >= 15 is 0 Å². The van der Waals surface area contributed by atoms with Gasteiger partial charge in [-0.2, -0.15) is 0 Å². The minimum Gasteiger partial charge on any atom is -0.458 e. The molecule has 0 heterocycles. The highest BCUT2D eigenvalue weighted by Gasteiger charge is 2.27. The lowest BCUT2D eigenvalue weighted by molar-refractivity contribution is -0.149. The molecule has 1 aromatic rings. The largest absolute Gasteiger partial charge is 0.458 e. The van der Waals surface area contributed by atoms with Crippen LogP contribution >= 0.6 is 0 Å². The highest BCUT2D eigenvalue weighted by atomic mass is 16.5. The van der Waals surface area contributed by atoms with Crippen molar-refractivity contribution in [3.8, 4) is 0 Å². The zero-order chi connectivity index (χ0) is 15.1. The maximum atomic E-state index is 11.5. The Bertz CT molecular complexity index is 547. The van der Waals surface area contributed by atoms with Crippen LogP contribution in [0.25, 0.3) is 0 Å². The lowest BCUT2D eigenvalue weighted by atomic mass is 10.2. The van der Waals surface area contributed by atoms with Gasteiger partial charge in [-0.15, -0.1) is 0 Å². The van der Waals surface area contributed by atoms with Gasteiger partial charge in [0.2, 0.25) is 0 Å². The van der Waals surface area contributed by atoms with Crippen molar-refractivity contribution in [1.82, 2.24) is 0 Å². The van der Waals surface area contributed by atoms with E-state index in [0.717, 1.165) is 24.1 Å². The van der Waals surface area contributed by atoms with Gasteiger partial charge in [-0.1, -0.05) is 30.3 Å². The second-order valence-electron chi connectivity index (χ2n) is 4.71. The van der Waals surface area contributed by atoms with Gasteiger partial charge in [0.15, 0.2) is 11.9 Å². The number of hydrogen-bond acceptors (Lipinski definition) is 5. The summed E-state index contributed by atoms with van der Waals surface area (Å²) in [6.07, 6.45) is 3.06. The predicted molar refractivity (Wildman–Crippen MR) is 74.1 cm³/mol. The molecule has 1 aromatic carbocycles. The number of benzene rings is 1. The summed E-state index contributed by atoms with van der Waals surface area (Å²) in [5, 5.41) is 0. The molecule has 2 rings (SSSR count). The van der Waals surface area contributed by atoms with Crippen LogP contribution < -0.4 is 0 Å². The standard InChI is InChI=1S/C16H16O5/c17-13-7-4-8-14(13)21-16(19)10-9-15(18)20-11-12-5-2-1-3-6-12/h1-3,5-6,9-10,14H,4,7-8,11H2/b10-9+. The highest BCUT2D eigenvalue weighted by molar-refractivity contribution is 5.94. The summed E-state index contributed by atoms with van der Waals surface area (Å²) in [6.45, 7) is 0.139. The van der Waals surface area contributed by atoms with E-state index in [1.54, 1.807) is 0 Å². The minimum absolute atomic E-state index is 0.0663. The van der Waals surface area contributed by atoms with Crippen LogP contribution in [0.5, 0.6) is 0 Å². The van der Waals surface area contributed by atoms with E-state index in [4.69, 9.17) is 9.47 Å². The number of Topliss-reactive ketones (excluding diaryl/α,β-unsaturated/α-hetero) is 1. The summed E-state index contributed by atoms with van der Waals surface area (Å²) >= 11 is 0. The summed E-state index contributed by atoms with van der Waals surface area (Å²) in [6, 6.07) is 9.21. The smallest absolute Gasteiger partial charge is 0.331 e. The van der Waals surface area contributed by atoms with Crippen molar-refractivity contribution in [2.45, 2.75) is 32.0 Å². The molecule has 0 saturated heterocycles. The molecule has 1 aliphatic carbocycles. The third-order valence-electron chi connectivity index (χ3n) is 3.09. The van der Waals surface area contributed by atoms with Crippen molar-refractivity contribution >= 4 is 17.7 Å². The minimum atomic E-state index is -0.702.